The van der Waals surface area contributed by atoms with Crippen molar-refractivity contribution in [1.29, 1.82) is 0 Å². The van der Waals surface area contributed by atoms with Gasteiger partial charge in [-0.1, -0.05) is 0 Å². The van der Waals surface area contributed by atoms with Crippen LogP contribution in [0.4, 0.5) is 11.9 Å². The lowest BCUT2D eigenvalue weighted by Crippen LogP contribution is -2.53. The van der Waals surface area contributed by atoms with Crippen LogP contribution in [0.3, 0.4) is 0 Å². The van der Waals surface area contributed by atoms with Crippen LogP contribution < -0.4 is 32.4 Å². The molecule has 0 bridgehead atoms. The van der Waals surface area contributed by atoms with Crippen LogP contribution in [0.1, 0.15) is 0 Å². The molecule has 106 valence electrons. The summed E-state index contributed by atoms with van der Waals surface area (Å²) in [5.74, 6) is 6.08. The Morgan fingerprint density at radius 3 is 2.74 bits per heavy atom. The summed E-state index contributed by atoms with van der Waals surface area (Å²) in [6, 6.07) is 0. The number of ether oxygens (including phenoxy) is 1. The van der Waals surface area contributed by atoms with Crippen LogP contribution in [-0.2, 0) is 4.74 Å². The van der Waals surface area contributed by atoms with Crippen molar-refractivity contribution in [3.05, 3.63) is 0 Å². The largest absolute Gasteiger partial charge is 0.378 e. The van der Waals surface area contributed by atoms with E-state index in [0.717, 1.165) is 13.1 Å². The van der Waals surface area contributed by atoms with E-state index in [9.17, 15) is 0 Å². The van der Waals surface area contributed by atoms with Crippen LogP contribution in [0.25, 0.3) is 0 Å². The molecular weight excluding hydrogens is 270 g/mol. The fourth-order valence-corrected chi connectivity index (χ4v) is 1.89. The van der Waals surface area contributed by atoms with Crippen LogP contribution in [0.5, 0.6) is 0 Å². The summed E-state index contributed by atoms with van der Waals surface area (Å²) in [6.07, 6.45) is 0. The van der Waals surface area contributed by atoms with Gasteiger partial charge in [0.25, 0.3) is 0 Å². The van der Waals surface area contributed by atoms with E-state index >= 15 is 0 Å². The van der Waals surface area contributed by atoms with Crippen molar-refractivity contribution < 1.29 is 4.74 Å². The van der Waals surface area contributed by atoms with Crippen molar-refractivity contribution >= 4 is 29.2 Å². The lowest BCUT2D eigenvalue weighted by molar-refractivity contribution is 0.121. The quantitative estimate of drug-likeness (QED) is 0.270. The third-order valence-electron chi connectivity index (χ3n) is 2.64. The number of hydrogen-bond donors (Lipinski definition) is 4. The van der Waals surface area contributed by atoms with E-state index in [0.29, 0.717) is 19.2 Å². The minimum Gasteiger partial charge on any atom is -0.378 e. The standard InChI is InChI=1S/C8H17N9OS/c1-15(14-7(19)11-10)17-6(9)12-13-8(17)16-2-4-18-5-3-16/h2-5,10H2,1H3,(H2,9,12)(H2,11,14,19). The Morgan fingerprint density at radius 2 is 2.11 bits per heavy atom. The molecule has 0 aliphatic carbocycles. The van der Waals surface area contributed by atoms with Gasteiger partial charge in [0.05, 0.1) is 13.2 Å². The highest BCUT2D eigenvalue weighted by molar-refractivity contribution is 7.80. The second kappa shape index (κ2) is 5.86. The molecule has 0 spiro atoms. The molecule has 6 N–H and O–H groups in total. The van der Waals surface area contributed by atoms with Crippen molar-refractivity contribution in [3.8, 4) is 0 Å². The topological polar surface area (TPSA) is 123 Å². The van der Waals surface area contributed by atoms with E-state index in [1.807, 2.05) is 4.90 Å². The molecule has 1 aliphatic rings. The number of nitrogens with one attached hydrogen (secondary N) is 2. The fourth-order valence-electron chi connectivity index (χ4n) is 1.76. The highest BCUT2D eigenvalue weighted by atomic mass is 32.1. The number of hydrogen-bond acceptors (Lipinski definition) is 8. The Balaban J connectivity index is 2.18. The number of anilines is 2. The molecule has 11 heteroatoms. The van der Waals surface area contributed by atoms with E-state index in [2.05, 4.69) is 21.0 Å². The Hall–Kier alpha value is -1.85. The molecular formula is C8H17N9OS. The van der Waals surface area contributed by atoms with Gasteiger partial charge in [-0.2, -0.15) is 4.68 Å². The first-order valence-corrected chi connectivity index (χ1v) is 6.09. The SMILES string of the molecule is CN(NC(=S)NN)n1c(N)nnc1N1CCOCC1. The third kappa shape index (κ3) is 2.94. The van der Waals surface area contributed by atoms with Crippen LogP contribution in [0, 0.1) is 0 Å². The molecule has 10 nitrogen and oxygen atoms in total. The predicted molar refractivity (Wildman–Crippen MR) is 74.7 cm³/mol. The number of rotatable bonds is 3. The maximum absolute atomic E-state index is 5.82. The molecule has 19 heavy (non-hydrogen) atoms. The second-order valence-corrected chi connectivity index (χ2v) is 4.29. The molecule has 1 aromatic rings. The molecule has 1 aromatic heterocycles. The summed E-state index contributed by atoms with van der Waals surface area (Å²) in [6.45, 7) is 2.75. The second-order valence-electron chi connectivity index (χ2n) is 3.88. The van der Waals surface area contributed by atoms with Crippen molar-refractivity contribution in [1.82, 2.24) is 25.7 Å². The summed E-state index contributed by atoms with van der Waals surface area (Å²) in [4.78, 5) is 2.03. The van der Waals surface area contributed by atoms with E-state index in [1.54, 1.807) is 16.8 Å². The minimum atomic E-state index is 0.247. The summed E-state index contributed by atoms with van der Waals surface area (Å²) < 4.78 is 6.91. The molecule has 0 atom stereocenters. The molecule has 0 radical (unpaired) electrons. The number of nitrogens with two attached hydrogens (primary N) is 2. The average molecular weight is 287 g/mol. The first-order valence-electron chi connectivity index (χ1n) is 5.68. The number of thiocarbonyl (C=S) groups is 1. The Morgan fingerprint density at radius 1 is 1.42 bits per heavy atom. The average Bonchev–Trinajstić information content (AvgIpc) is 2.81. The van der Waals surface area contributed by atoms with Crippen LogP contribution in [-0.4, -0.2) is 53.3 Å². The zero-order chi connectivity index (χ0) is 13.8. The first kappa shape index (κ1) is 13.6. The van der Waals surface area contributed by atoms with Gasteiger partial charge in [0.15, 0.2) is 0 Å². The molecule has 2 heterocycles. The number of morpholine rings is 1. The van der Waals surface area contributed by atoms with Gasteiger partial charge in [0.2, 0.25) is 17.0 Å². The highest BCUT2D eigenvalue weighted by Gasteiger charge is 2.21. The van der Waals surface area contributed by atoms with Crippen molar-refractivity contribution in [2.45, 2.75) is 0 Å². The van der Waals surface area contributed by atoms with Gasteiger partial charge >= 0.3 is 0 Å². The zero-order valence-electron chi connectivity index (χ0n) is 10.5. The smallest absolute Gasteiger partial charge is 0.249 e. The van der Waals surface area contributed by atoms with Crippen molar-refractivity contribution in [2.24, 2.45) is 5.84 Å². The molecule has 0 unspecified atom stereocenters. The molecule has 1 aliphatic heterocycles. The fraction of sp³-hybridized carbons (Fsp3) is 0.625. The van der Waals surface area contributed by atoms with Crippen molar-refractivity contribution in [3.63, 3.8) is 0 Å². The van der Waals surface area contributed by atoms with Gasteiger partial charge in [-0.05, 0) is 12.2 Å². The predicted octanol–water partition coefficient (Wildman–Crippen LogP) is -2.48. The van der Waals surface area contributed by atoms with E-state index in [-0.39, 0.29) is 11.1 Å². The summed E-state index contributed by atoms with van der Waals surface area (Å²) >= 11 is 4.93. The first-order chi connectivity index (χ1) is 9.13. The van der Waals surface area contributed by atoms with Crippen LogP contribution in [0.15, 0.2) is 0 Å². The van der Waals surface area contributed by atoms with Crippen LogP contribution in [0.2, 0.25) is 0 Å². The maximum Gasteiger partial charge on any atom is 0.249 e. The maximum atomic E-state index is 5.82. The monoisotopic (exact) mass is 287 g/mol. The van der Waals surface area contributed by atoms with E-state index in [4.69, 9.17) is 28.5 Å². The Labute approximate surface area is 115 Å². The molecule has 0 saturated carbocycles. The number of nitrogens with zero attached hydrogens (tertiary/aromatic N) is 5. The van der Waals surface area contributed by atoms with Crippen LogP contribution >= 0.6 is 12.2 Å². The van der Waals surface area contributed by atoms with Crippen molar-refractivity contribution in [2.75, 3.05) is 49.1 Å². The van der Waals surface area contributed by atoms with Gasteiger partial charge in [0.1, 0.15) is 0 Å². The molecule has 1 fully saturated rings. The number of aromatic nitrogens is 3. The molecule has 0 amide bonds. The van der Waals surface area contributed by atoms with Gasteiger partial charge in [-0.3, -0.25) is 10.9 Å². The highest BCUT2D eigenvalue weighted by Crippen LogP contribution is 2.15. The molecule has 0 aromatic carbocycles. The van der Waals surface area contributed by atoms with Gasteiger partial charge in [-0.25, -0.2) is 11.0 Å². The van der Waals surface area contributed by atoms with Gasteiger partial charge in [0, 0.05) is 20.1 Å². The number of nitrogen functional groups attached to an aromatic ring is 1. The zero-order valence-corrected chi connectivity index (χ0v) is 11.4. The normalized spacial score (nSPS) is 15.2. The Bertz CT molecular complexity index is 443. The van der Waals surface area contributed by atoms with Gasteiger partial charge in [-0.15, -0.1) is 10.2 Å². The Kier molecular flexibility index (Phi) is 4.19. The van der Waals surface area contributed by atoms with E-state index in [1.165, 1.54) is 0 Å². The minimum absolute atomic E-state index is 0.247. The summed E-state index contributed by atoms with van der Waals surface area (Å²) in [5, 5.41) is 9.76. The molecule has 1 saturated heterocycles. The third-order valence-corrected chi connectivity index (χ3v) is 2.85. The lowest BCUT2D eigenvalue weighted by Gasteiger charge is -2.30. The number of hydrazine groups is 2. The molecule has 2 rings (SSSR count). The van der Waals surface area contributed by atoms with Gasteiger partial charge < -0.3 is 15.4 Å². The summed E-state index contributed by atoms with van der Waals surface area (Å²) in [5.41, 5.74) is 11.0. The lowest BCUT2D eigenvalue weighted by atomic mass is 10.4. The van der Waals surface area contributed by atoms with E-state index < -0.39 is 0 Å². The summed E-state index contributed by atoms with van der Waals surface area (Å²) in [7, 11) is 1.73.